The molecule has 1 atom stereocenters. The molecule has 1 aromatic rings. The van der Waals surface area contributed by atoms with E-state index < -0.39 is 8.38 Å². The van der Waals surface area contributed by atoms with Gasteiger partial charge >= 0.3 is 0 Å². The van der Waals surface area contributed by atoms with Crippen LogP contribution in [0.2, 0.25) is 0 Å². The van der Waals surface area contributed by atoms with Crippen LogP contribution in [0.1, 0.15) is 6.92 Å². The Bertz CT molecular complexity index is 205. The Balaban J connectivity index is 0.00000121. The maximum Gasteiger partial charge on any atom is 0.202 e. The Morgan fingerprint density at radius 3 is 2.42 bits per heavy atom. The lowest BCUT2D eigenvalue weighted by Gasteiger charge is -2.07. The molecule has 0 spiro atoms. The van der Waals surface area contributed by atoms with E-state index in [1.54, 1.807) is 0 Å². The average molecular weight is 207 g/mol. The summed E-state index contributed by atoms with van der Waals surface area (Å²) in [5.41, 5.74) is 0. The zero-order chi connectivity index (χ0) is 8.10. The number of hydrogen-bond donors (Lipinski definition) is 1. The predicted octanol–water partition coefficient (Wildman–Crippen LogP) is 2.07. The summed E-state index contributed by atoms with van der Waals surface area (Å²) in [6.07, 6.45) is 0. The summed E-state index contributed by atoms with van der Waals surface area (Å²) < 4.78 is 5.05. The van der Waals surface area contributed by atoms with Gasteiger partial charge in [-0.1, -0.05) is 18.2 Å². The van der Waals surface area contributed by atoms with Crippen molar-refractivity contribution in [2.45, 2.75) is 6.92 Å². The van der Waals surface area contributed by atoms with Crippen LogP contribution in [0, 0.1) is 0 Å². The van der Waals surface area contributed by atoms with Gasteiger partial charge in [0.1, 0.15) is 0 Å². The lowest BCUT2D eigenvalue weighted by molar-refractivity contribution is 0.337. The third-order valence-corrected chi connectivity index (χ3v) is 2.47. The van der Waals surface area contributed by atoms with Gasteiger partial charge in [0.05, 0.1) is 6.61 Å². The van der Waals surface area contributed by atoms with E-state index in [1.807, 2.05) is 37.3 Å². The molecule has 12 heavy (non-hydrogen) atoms. The minimum absolute atomic E-state index is 0. The van der Waals surface area contributed by atoms with Gasteiger partial charge in [0.15, 0.2) is 0 Å². The molecule has 1 N–H and O–H groups in total. The van der Waals surface area contributed by atoms with E-state index in [0.717, 1.165) is 5.30 Å². The molecule has 68 valence electrons. The quantitative estimate of drug-likeness (QED) is 0.768. The van der Waals surface area contributed by atoms with Crippen LogP contribution in [0.25, 0.3) is 0 Å². The maximum atomic E-state index is 9.36. The maximum absolute atomic E-state index is 9.36. The molecule has 2 nitrogen and oxygen atoms in total. The number of halogens is 1. The van der Waals surface area contributed by atoms with E-state index in [0.29, 0.717) is 6.61 Å². The van der Waals surface area contributed by atoms with Gasteiger partial charge in [0, 0.05) is 5.30 Å². The van der Waals surface area contributed by atoms with Crippen molar-refractivity contribution in [1.82, 2.24) is 0 Å². The molecule has 1 rings (SSSR count). The van der Waals surface area contributed by atoms with E-state index in [1.165, 1.54) is 0 Å². The molecule has 1 aromatic carbocycles. The molecule has 0 heterocycles. The molecule has 0 aliphatic rings. The van der Waals surface area contributed by atoms with E-state index in [2.05, 4.69) is 0 Å². The highest BCUT2D eigenvalue weighted by molar-refractivity contribution is 7.55. The summed E-state index contributed by atoms with van der Waals surface area (Å²) in [5, 5.41) is 0.865. The van der Waals surface area contributed by atoms with Crippen LogP contribution < -0.4 is 5.30 Å². The van der Waals surface area contributed by atoms with Gasteiger partial charge in [0.25, 0.3) is 0 Å². The first kappa shape index (κ1) is 11.9. The largest absolute Gasteiger partial charge is 0.346 e. The van der Waals surface area contributed by atoms with Gasteiger partial charge in [0.2, 0.25) is 8.38 Å². The van der Waals surface area contributed by atoms with Crippen molar-refractivity contribution in [2.24, 2.45) is 0 Å². The highest BCUT2D eigenvalue weighted by Gasteiger charge is 2.05. The van der Waals surface area contributed by atoms with Crippen LogP contribution in [0.5, 0.6) is 0 Å². The van der Waals surface area contributed by atoms with Gasteiger partial charge in [-0.25, -0.2) is 0 Å². The molecule has 0 saturated heterocycles. The van der Waals surface area contributed by atoms with Gasteiger partial charge < -0.3 is 9.42 Å². The van der Waals surface area contributed by atoms with Crippen molar-refractivity contribution in [1.29, 1.82) is 0 Å². The number of rotatable bonds is 3. The minimum atomic E-state index is -1.38. The lowest BCUT2D eigenvalue weighted by atomic mass is 10.4. The van der Waals surface area contributed by atoms with Crippen molar-refractivity contribution in [3.8, 4) is 0 Å². The van der Waals surface area contributed by atoms with Crippen molar-refractivity contribution < 1.29 is 9.42 Å². The summed E-state index contributed by atoms with van der Waals surface area (Å²) in [7, 11) is -1.38. The van der Waals surface area contributed by atoms with Crippen LogP contribution in [0.4, 0.5) is 0 Å². The minimum Gasteiger partial charge on any atom is -0.346 e. The molecule has 0 aromatic heterocycles. The Morgan fingerprint density at radius 2 is 1.92 bits per heavy atom. The summed E-state index contributed by atoms with van der Waals surface area (Å²) >= 11 is 0. The third kappa shape index (κ3) is 3.51. The predicted molar refractivity (Wildman–Crippen MR) is 54.1 cm³/mol. The molecule has 0 amide bonds. The Kier molecular flexibility index (Phi) is 6.31. The topological polar surface area (TPSA) is 29.5 Å². The summed E-state index contributed by atoms with van der Waals surface area (Å²) in [4.78, 5) is 9.36. The molecule has 0 fully saturated rings. The fourth-order valence-electron chi connectivity index (χ4n) is 0.752. The molecular weight excluding hydrogens is 195 g/mol. The molecule has 0 radical (unpaired) electrons. The van der Waals surface area contributed by atoms with E-state index in [9.17, 15) is 4.89 Å². The van der Waals surface area contributed by atoms with E-state index >= 15 is 0 Å². The van der Waals surface area contributed by atoms with Crippen LogP contribution in [0.15, 0.2) is 30.3 Å². The molecule has 0 aliphatic heterocycles. The summed E-state index contributed by atoms with van der Waals surface area (Å²) in [5.74, 6) is 0. The van der Waals surface area contributed by atoms with Crippen molar-refractivity contribution in [3.05, 3.63) is 30.3 Å². The van der Waals surface area contributed by atoms with Crippen molar-refractivity contribution in [2.75, 3.05) is 6.61 Å². The molecule has 0 saturated carbocycles. The average Bonchev–Trinajstić information content (AvgIpc) is 2.07. The number of hydrogen-bond acceptors (Lipinski definition) is 2. The second-order valence-electron chi connectivity index (χ2n) is 2.03. The van der Waals surface area contributed by atoms with Crippen LogP contribution >= 0.6 is 20.8 Å². The Morgan fingerprint density at radius 1 is 1.33 bits per heavy atom. The first-order valence-corrected chi connectivity index (χ1v) is 4.73. The summed E-state index contributed by atoms with van der Waals surface area (Å²) in [6, 6.07) is 9.42. The molecule has 0 aliphatic carbocycles. The van der Waals surface area contributed by atoms with Gasteiger partial charge in [-0.15, -0.1) is 12.4 Å². The second-order valence-corrected chi connectivity index (χ2v) is 3.35. The van der Waals surface area contributed by atoms with E-state index in [-0.39, 0.29) is 12.4 Å². The van der Waals surface area contributed by atoms with Crippen LogP contribution in [-0.4, -0.2) is 11.5 Å². The first-order chi connectivity index (χ1) is 5.34. The normalized spacial score (nSPS) is 11.8. The Labute approximate surface area is 79.9 Å². The third-order valence-electron chi connectivity index (χ3n) is 1.23. The lowest BCUT2D eigenvalue weighted by Crippen LogP contribution is -2.00. The fourth-order valence-corrected chi connectivity index (χ4v) is 1.57. The summed E-state index contributed by atoms with van der Waals surface area (Å²) in [6.45, 7) is 2.42. The SMILES string of the molecule is CCOP(O)c1ccccc1.Cl. The van der Waals surface area contributed by atoms with Crippen molar-refractivity contribution in [3.63, 3.8) is 0 Å². The second kappa shape index (κ2) is 6.38. The monoisotopic (exact) mass is 206 g/mol. The smallest absolute Gasteiger partial charge is 0.202 e. The van der Waals surface area contributed by atoms with Gasteiger partial charge in [-0.3, -0.25) is 0 Å². The van der Waals surface area contributed by atoms with Crippen molar-refractivity contribution >= 4 is 26.1 Å². The first-order valence-electron chi connectivity index (χ1n) is 3.51. The van der Waals surface area contributed by atoms with Gasteiger partial charge in [-0.05, 0) is 19.1 Å². The Hall–Kier alpha value is -0.140. The molecular formula is C8H12ClO2P. The number of benzene rings is 1. The van der Waals surface area contributed by atoms with E-state index in [4.69, 9.17) is 4.52 Å². The standard InChI is InChI=1S/C8H11O2P.ClH/c1-2-10-11(9)8-6-4-3-5-7-8;/h3-7,9H,2H2,1H3;1H. The highest BCUT2D eigenvalue weighted by Crippen LogP contribution is 2.29. The fraction of sp³-hybridized carbons (Fsp3) is 0.250. The van der Waals surface area contributed by atoms with Crippen LogP contribution in [0.3, 0.4) is 0 Å². The highest BCUT2D eigenvalue weighted by atomic mass is 35.5. The molecule has 0 bridgehead atoms. The van der Waals surface area contributed by atoms with Crippen LogP contribution in [-0.2, 0) is 4.52 Å². The molecule has 1 unspecified atom stereocenters. The van der Waals surface area contributed by atoms with Gasteiger partial charge in [-0.2, -0.15) is 0 Å². The molecule has 4 heteroatoms. The zero-order valence-corrected chi connectivity index (χ0v) is 8.52. The zero-order valence-electron chi connectivity index (χ0n) is 6.80.